The molecule has 2 rings (SSSR count). The maximum absolute atomic E-state index is 11.3. The van der Waals surface area contributed by atoms with Crippen LogP contribution in [0.3, 0.4) is 0 Å². The molecule has 0 N–H and O–H groups in total. The highest BCUT2D eigenvalue weighted by molar-refractivity contribution is 5.93. The first kappa shape index (κ1) is 14.6. The minimum absolute atomic E-state index is 0.328. The Morgan fingerprint density at radius 2 is 1.95 bits per heavy atom. The molecule has 0 atom stereocenters. The van der Waals surface area contributed by atoms with Crippen LogP contribution in [0.5, 0.6) is 11.5 Å². The largest absolute Gasteiger partial charge is 0.495 e. The summed E-state index contributed by atoms with van der Waals surface area (Å²) in [5.41, 5.74) is 2.00. The molecule has 21 heavy (non-hydrogen) atoms. The molecule has 4 heteroatoms. The summed E-state index contributed by atoms with van der Waals surface area (Å²) in [6.45, 7) is 2.38. The fraction of sp³-hybridized carbons (Fsp3) is 0.176. The average Bonchev–Trinajstić information content (AvgIpc) is 2.54. The van der Waals surface area contributed by atoms with E-state index < -0.39 is 0 Å². The monoisotopic (exact) mass is 281 g/mol. The molecule has 0 bridgehead atoms. The number of para-hydroxylation sites is 1. The van der Waals surface area contributed by atoms with Crippen LogP contribution in [0.4, 0.5) is 0 Å². The van der Waals surface area contributed by atoms with Crippen LogP contribution in [0.15, 0.2) is 36.4 Å². The molecule has 0 aliphatic heterocycles. The molecular weight excluding hydrogens is 266 g/mol. The summed E-state index contributed by atoms with van der Waals surface area (Å²) in [5.74, 6) is 1.07. The summed E-state index contributed by atoms with van der Waals surface area (Å²) in [7, 11) is 1.50. The molecule has 2 aromatic rings. The van der Waals surface area contributed by atoms with E-state index in [1.54, 1.807) is 12.1 Å². The van der Waals surface area contributed by atoms with Crippen LogP contribution in [0.2, 0.25) is 0 Å². The van der Waals surface area contributed by atoms with E-state index in [-0.39, 0.29) is 0 Å². The minimum Gasteiger partial charge on any atom is -0.495 e. The smallest absolute Gasteiger partial charge is 0.150 e. The maximum atomic E-state index is 11.3. The lowest BCUT2D eigenvalue weighted by molar-refractivity contribution is 0.112. The van der Waals surface area contributed by atoms with Crippen molar-refractivity contribution in [3.05, 3.63) is 47.5 Å². The summed E-state index contributed by atoms with van der Waals surface area (Å²) >= 11 is 0. The SMILES string of the molecule is CCOc1ccccc1-c1c(C=O)ccc(OC)c1C#N. The molecule has 0 radical (unpaired) electrons. The fourth-order valence-electron chi connectivity index (χ4n) is 2.22. The van der Waals surface area contributed by atoms with Crippen LogP contribution in [0.1, 0.15) is 22.8 Å². The van der Waals surface area contributed by atoms with Crippen LogP contribution in [-0.2, 0) is 0 Å². The number of aldehydes is 1. The van der Waals surface area contributed by atoms with Crippen molar-refractivity contribution in [3.63, 3.8) is 0 Å². The second kappa shape index (κ2) is 6.58. The molecule has 0 saturated carbocycles. The number of hydrogen-bond donors (Lipinski definition) is 0. The number of carbonyl (C=O) groups excluding carboxylic acids is 1. The van der Waals surface area contributed by atoms with Crippen LogP contribution < -0.4 is 9.47 Å². The second-order valence-electron chi connectivity index (χ2n) is 4.27. The van der Waals surface area contributed by atoms with E-state index in [1.807, 2.05) is 31.2 Å². The fourth-order valence-corrected chi connectivity index (χ4v) is 2.22. The Hall–Kier alpha value is -2.80. The topological polar surface area (TPSA) is 59.3 Å². The molecule has 0 aliphatic rings. The number of benzene rings is 2. The number of rotatable bonds is 5. The van der Waals surface area contributed by atoms with E-state index in [0.29, 0.717) is 40.4 Å². The van der Waals surface area contributed by atoms with Crippen molar-refractivity contribution in [2.75, 3.05) is 13.7 Å². The molecule has 4 nitrogen and oxygen atoms in total. The van der Waals surface area contributed by atoms with Crippen LogP contribution in [0.25, 0.3) is 11.1 Å². The Kier molecular flexibility index (Phi) is 4.57. The third kappa shape index (κ3) is 2.72. The van der Waals surface area contributed by atoms with Gasteiger partial charge in [-0.25, -0.2) is 0 Å². The first-order valence-electron chi connectivity index (χ1n) is 6.55. The molecule has 0 aromatic heterocycles. The standard InChI is InChI=1S/C17H15NO3/c1-3-21-16-7-5-4-6-13(16)17-12(11-19)8-9-15(20-2)14(17)10-18/h4-9,11H,3H2,1-2H3. The number of ether oxygens (including phenoxy) is 2. The Labute approximate surface area is 123 Å². The number of hydrogen-bond acceptors (Lipinski definition) is 4. The van der Waals surface area contributed by atoms with Crippen molar-refractivity contribution in [1.82, 2.24) is 0 Å². The number of carbonyl (C=O) groups is 1. The van der Waals surface area contributed by atoms with Crippen molar-refractivity contribution in [2.45, 2.75) is 6.92 Å². The molecule has 0 aliphatic carbocycles. The molecule has 0 unspecified atom stereocenters. The maximum Gasteiger partial charge on any atom is 0.150 e. The molecule has 2 aromatic carbocycles. The van der Waals surface area contributed by atoms with Crippen LogP contribution in [-0.4, -0.2) is 20.0 Å². The van der Waals surface area contributed by atoms with Gasteiger partial charge in [0.25, 0.3) is 0 Å². The van der Waals surface area contributed by atoms with E-state index in [2.05, 4.69) is 6.07 Å². The van der Waals surface area contributed by atoms with Gasteiger partial charge >= 0.3 is 0 Å². The molecular formula is C17H15NO3. The van der Waals surface area contributed by atoms with Gasteiger partial charge in [-0.1, -0.05) is 18.2 Å². The van der Waals surface area contributed by atoms with Gasteiger partial charge in [0.1, 0.15) is 23.1 Å². The first-order valence-corrected chi connectivity index (χ1v) is 6.55. The summed E-state index contributed by atoms with van der Waals surface area (Å²) in [5, 5.41) is 9.45. The van der Waals surface area contributed by atoms with E-state index in [0.717, 1.165) is 6.29 Å². The summed E-state index contributed by atoms with van der Waals surface area (Å²) < 4.78 is 10.8. The summed E-state index contributed by atoms with van der Waals surface area (Å²) in [4.78, 5) is 11.3. The van der Waals surface area contributed by atoms with Gasteiger partial charge in [-0.3, -0.25) is 4.79 Å². The van der Waals surface area contributed by atoms with Gasteiger partial charge in [0.2, 0.25) is 0 Å². The summed E-state index contributed by atoms with van der Waals surface area (Å²) in [6.07, 6.45) is 0.734. The predicted octanol–water partition coefficient (Wildman–Crippen LogP) is 3.45. The van der Waals surface area contributed by atoms with Gasteiger partial charge in [-0.05, 0) is 25.1 Å². The van der Waals surface area contributed by atoms with Crippen molar-refractivity contribution < 1.29 is 14.3 Å². The normalized spacial score (nSPS) is 9.76. The molecule has 0 spiro atoms. The molecule has 0 saturated heterocycles. The quantitative estimate of drug-likeness (QED) is 0.788. The number of nitrogens with zero attached hydrogens (tertiary/aromatic N) is 1. The summed E-state index contributed by atoms with van der Waals surface area (Å²) in [6, 6.07) is 12.7. The molecule has 0 heterocycles. The third-order valence-electron chi connectivity index (χ3n) is 3.11. The predicted molar refractivity (Wildman–Crippen MR) is 79.7 cm³/mol. The third-order valence-corrected chi connectivity index (χ3v) is 3.11. The van der Waals surface area contributed by atoms with Crippen molar-refractivity contribution in [2.24, 2.45) is 0 Å². The van der Waals surface area contributed by atoms with E-state index in [1.165, 1.54) is 7.11 Å². The van der Waals surface area contributed by atoms with Gasteiger partial charge in [0.15, 0.2) is 6.29 Å². The van der Waals surface area contributed by atoms with Crippen molar-refractivity contribution in [1.29, 1.82) is 5.26 Å². The van der Waals surface area contributed by atoms with Crippen molar-refractivity contribution in [3.8, 4) is 28.7 Å². The average molecular weight is 281 g/mol. The van der Waals surface area contributed by atoms with Crippen LogP contribution in [0, 0.1) is 11.3 Å². The van der Waals surface area contributed by atoms with Gasteiger partial charge in [0, 0.05) is 16.7 Å². The molecule has 106 valence electrons. The second-order valence-corrected chi connectivity index (χ2v) is 4.27. The van der Waals surface area contributed by atoms with E-state index >= 15 is 0 Å². The van der Waals surface area contributed by atoms with Gasteiger partial charge < -0.3 is 9.47 Å². The van der Waals surface area contributed by atoms with E-state index in [4.69, 9.17) is 9.47 Å². The lowest BCUT2D eigenvalue weighted by Gasteiger charge is -2.15. The zero-order valence-electron chi connectivity index (χ0n) is 11.9. The van der Waals surface area contributed by atoms with Crippen molar-refractivity contribution >= 4 is 6.29 Å². The zero-order valence-corrected chi connectivity index (χ0v) is 11.9. The lowest BCUT2D eigenvalue weighted by atomic mass is 9.94. The highest BCUT2D eigenvalue weighted by Gasteiger charge is 2.18. The molecule has 0 fully saturated rings. The Balaban J connectivity index is 2.79. The van der Waals surface area contributed by atoms with Gasteiger partial charge in [-0.15, -0.1) is 0 Å². The first-order chi connectivity index (χ1) is 10.3. The molecule has 0 amide bonds. The Morgan fingerprint density at radius 3 is 2.57 bits per heavy atom. The zero-order chi connectivity index (χ0) is 15.2. The highest BCUT2D eigenvalue weighted by Crippen LogP contribution is 2.37. The van der Waals surface area contributed by atoms with Crippen LogP contribution >= 0.6 is 0 Å². The Morgan fingerprint density at radius 1 is 1.19 bits per heavy atom. The Bertz CT molecular complexity index is 702. The van der Waals surface area contributed by atoms with Gasteiger partial charge in [0.05, 0.1) is 13.7 Å². The number of nitriles is 1. The van der Waals surface area contributed by atoms with E-state index in [9.17, 15) is 10.1 Å². The minimum atomic E-state index is 0.328. The number of methoxy groups -OCH3 is 1. The van der Waals surface area contributed by atoms with Gasteiger partial charge in [-0.2, -0.15) is 5.26 Å². The highest BCUT2D eigenvalue weighted by atomic mass is 16.5. The lowest BCUT2D eigenvalue weighted by Crippen LogP contribution is -1.99.